The number of nitrogens with one attached hydrogen (secondary N) is 2. The number of halogens is 2. The Balaban J connectivity index is 1.08. The molecule has 6 aromatic rings. The number of anilines is 1. The molecular formula is C38H32ClFN6O3. The Morgan fingerprint density at radius 3 is 2.14 bits per heavy atom. The van der Waals surface area contributed by atoms with Crippen LogP contribution in [-0.4, -0.2) is 31.3 Å². The van der Waals surface area contributed by atoms with Crippen molar-refractivity contribution in [2.24, 2.45) is 7.05 Å². The van der Waals surface area contributed by atoms with Gasteiger partial charge in [0, 0.05) is 18.9 Å². The number of ether oxygens (including phenoxy) is 1. The Morgan fingerprint density at radius 2 is 1.55 bits per heavy atom. The predicted molar refractivity (Wildman–Crippen MR) is 184 cm³/mol. The number of hydrogen-bond donors (Lipinski definition) is 2. The van der Waals surface area contributed by atoms with Crippen LogP contribution in [0.3, 0.4) is 0 Å². The maximum atomic E-state index is 13.6. The molecule has 1 unspecified atom stereocenters. The van der Waals surface area contributed by atoms with E-state index in [4.69, 9.17) is 21.4 Å². The van der Waals surface area contributed by atoms with E-state index in [-0.39, 0.29) is 23.6 Å². The second kappa shape index (κ2) is 13.4. The van der Waals surface area contributed by atoms with E-state index in [1.165, 1.54) is 18.2 Å². The smallest absolute Gasteiger partial charge is 0.408 e. The van der Waals surface area contributed by atoms with Gasteiger partial charge in [-0.2, -0.15) is 5.10 Å². The van der Waals surface area contributed by atoms with Crippen LogP contribution in [0.5, 0.6) is 0 Å². The Labute approximate surface area is 287 Å². The van der Waals surface area contributed by atoms with Crippen LogP contribution >= 0.6 is 11.6 Å². The summed E-state index contributed by atoms with van der Waals surface area (Å²) in [6, 6.07) is 34.0. The number of aryl methyl sites for hydroxylation is 1. The number of fused-ring (bicyclic) bond motifs is 1. The minimum Gasteiger partial charge on any atom is -0.441 e. The molecule has 1 aliphatic rings. The number of carbonyl (C=O) groups excluding carboxylic acids is 2. The molecule has 2 N–H and O–H groups in total. The third-order valence-electron chi connectivity index (χ3n) is 8.85. The third kappa shape index (κ3) is 6.07. The lowest BCUT2D eigenvalue weighted by Gasteiger charge is -2.35. The first-order chi connectivity index (χ1) is 23.8. The van der Waals surface area contributed by atoms with E-state index < -0.39 is 17.4 Å². The summed E-state index contributed by atoms with van der Waals surface area (Å²) >= 11 is 5.88. The fourth-order valence-electron chi connectivity index (χ4n) is 6.69. The minimum atomic E-state index is -0.836. The van der Waals surface area contributed by atoms with Crippen molar-refractivity contribution in [3.05, 3.63) is 172 Å². The zero-order chi connectivity index (χ0) is 34.0. The second-order valence-electron chi connectivity index (χ2n) is 11.8. The van der Waals surface area contributed by atoms with Gasteiger partial charge < -0.3 is 19.9 Å². The number of alkyl carbamates (subject to hydrolysis) is 1. The number of carbonyl (C=O) groups is 2. The maximum absolute atomic E-state index is 13.6. The molecule has 0 saturated carbocycles. The summed E-state index contributed by atoms with van der Waals surface area (Å²) < 4.78 is 22.8. The molecule has 49 heavy (non-hydrogen) atoms. The average Bonchev–Trinajstić information content (AvgIpc) is 3.83. The molecule has 2 amide bonds. The standard InChI is InChI=1S/C38H32ClFN6O3/c1-45-22-30-29(35(45)36(47)42-28-17-19-32(40)31(39)21-28)18-20-33(30)43-37(48)49-23-34-41-24-46(44-34)38(25-11-5-2-6-12-25,26-13-7-3-8-14-26)27-15-9-4-10-16-27/h2-17,19,21-22,24,33H,18,20,23H2,1H3,(H,42,47)(H,43,48). The second-order valence-corrected chi connectivity index (χ2v) is 12.2. The van der Waals surface area contributed by atoms with Gasteiger partial charge in [-0.25, -0.2) is 18.9 Å². The highest BCUT2D eigenvalue weighted by atomic mass is 35.5. The van der Waals surface area contributed by atoms with E-state index in [2.05, 4.69) is 52.0 Å². The van der Waals surface area contributed by atoms with Crippen LogP contribution in [0.25, 0.3) is 0 Å². The van der Waals surface area contributed by atoms with E-state index in [1.807, 2.05) is 65.5 Å². The molecule has 1 atom stereocenters. The summed E-state index contributed by atoms with van der Waals surface area (Å²) in [5.74, 6) is -0.577. The highest BCUT2D eigenvalue weighted by Crippen LogP contribution is 2.40. The van der Waals surface area contributed by atoms with Crippen LogP contribution in [0.2, 0.25) is 5.02 Å². The molecule has 7 rings (SSSR count). The molecular weight excluding hydrogens is 643 g/mol. The Kier molecular flexibility index (Phi) is 8.71. The molecule has 1 aliphatic carbocycles. The summed E-state index contributed by atoms with van der Waals surface area (Å²) in [4.78, 5) is 30.8. The number of hydrogen-bond acceptors (Lipinski definition) is 5. The van der Waals surface area contributed by atoms with Crippen molar-refractivity contribution in [2.75, 3.05) is 5.32 Å². The zero-order valence-electron chi connectivity index (χ0n) is 26.5. The molecule has 0 aliphatic heterocycles. The van der Waals surface area contributed by atoms with E-state index in [1.54, 1.807) is 17.9 Å². The van der Waals surface area contributed by atoms with Gasteiger partial charge in [0.1, 0.15) is 23.4 Å². The van der Waals surface area contributed by atoms with E-state index >= 15 is 0 Å². The van der Waals surface area contributed by atoms with Crippen LogP contribution in [0.4, 0.5) is 14.9 Å². The van der Waals surface area contributed by atoms with Gasteiger partial charge in [-0.1, -0.05) is 103 Å². The molecule has 2 heterocycles. The van der Waals surface area contributed by atoms with Crippen LogP contribution < -0.4 is 10.6 Å². The van der Waals surface area contributed by atoms with Crippen molar-refractivity contribution >= 4 is 29.3 Å². The first-order valence-corrected chi connectivity index (χ1v) is 16.2. The van der Waals surface area contributed by atoms with Crippen molar-refractivity contribution in [1.82, 2.24) is 24.6 Å². The summed E-state index contributed by atoms with van der Waals surface area (Å²) in [6.45, 7) is -0.143. The third-order valence-corrected chi connectivity index (χ3v) is 9.14. The molecule has 0 spiro atoms. The molecule has 246 valence electrons. The number of nitrogens with zero attached hydrogens (tertiary/aromatic N) is 4. The van der Waals surface area contributed by atoms with Gasteiger partial charge in [-0.15, -0.1) is 0 Å². The topological polar surface area (TPSA) is 103 Å². The number of rotatable bonds is 9. The highest BCUT2D eigenvalue weighted by molar-refractivity contribution is 6.31. The SMILES string of the molecule is Cn1cc2c(c1C(=O)Nc1ccc(F)c(Cl)c1)CCC2NC(=O)OCc1ncn(C(c2ccccc2)(c2ccccc2)c2ccccc2)n1. The number of aromatic nitrogens is 4. The van der Waals surface area contributed by atoms with Gasteiger partial charge in [0.15, 0.2) is 12.4 Å². The van der Waals surface area contributed by atoms with Gasteiger partial charge in [-0.05, 0) is 58.9 Å². The van der Waals surface area contributed by atoms with Gasteiger partial charge >= 0.3 is 6.09 Å². The Hall–Kier alpha value is -5.74. The number of amides is 2. The fraction of sp³-hybridized carbons (Fsp3) is 0.158. The molecule has 0 saturated heterocycles. The molecule has 2 aromatic heterocycles. The maximum Gasteiger partial charge on any atom is 0.408 e. The Morgan fingerprint density at radius 1 is 0.939 bits per heavy atom. The first kappa shape index (κ1) is 31.8. The molecule has 0 radical (unpaired) electrons. The van der Waals surface area contributed by atoms with Crippen LogP contribution in [0.15, 0.2) is 122 Å². The van der Waals surface area contributed by atoms with Crippen LogP contribution in [-0.2, 0) is 30.4 Å². The average molecular weight is 675 g/mol. The summed E-state index contributed by atoms with van der Waals surface area (Å²) in [7, 11) is 1.77. The normalized spacial score (nSPS) is 13.9. The van der Waals surface area contributed by atoms with Gasteiger partial charge in [0.25, 0.3) is 5.91 Å². The highest BCUT2D eigenvalue weighted by Gasteiger charge is 2.40. The lowest BCUT2D eigenvalue weighted by atomic mass is 9.77. The van der Waals surface area contributed by atoms with E-state index in [0.29, 0.717) is 30.0 Å². The van der Waals surface area contributed by atoms with E-state index in [9.17, 15) is 14.0 Å². The van der Waals surface area contributed by atoms with Crippen molar-refractivity contribution in [2.45, 2.75) is 31.0 Å². The van der Waals surface area contributed by atoms with E-state index in [0.717, 1.165) is 27.8 Å². The van der Waals surface area contributed by atoms with Crippen LogP contribution in [0, 0.1) is 5.82 Å². The zero-order valence-corrected chi connectivity index (χ0v) is 27.3. The first-order valence-electron chi connectivity index (χ1n) is 15.8. The Bertz CT molecular complexity index is 2020. The molecule has 0 fully saturated rings. The van der Waals surface area contributed by atoms with Crippen molar-refractivity contribution in [3.8, 4) is 0 Å². The van der Waals surface area contributed by atoms with Gasteiger partial charge in [0.05, 0.1) is 11.1 Å². The van der Waals surface area contributed by atoms with Crippen molar-refractivity contribution in [3.63, 3.8) is 0 Å². The van der Waals surface area contributed by atoms with Gasteiger partial charge in [0.2, 0.25) is 0 Å². The fourth-order valence-corrected chi connectivity index (χ4v) is 6.87. The predicted octanol–water partition coefficient (Wildman–Crippen LogP) is 7.42. The minimum absolute atomic E-state index is 0.0810. The molecule has 0 bridgehead atoms. The lowest BCUT2D eigenvalue weighted by Crippen LogP contribution is -2.38. The quantitative estimate of drug-likeness (QED) is 0.156. The number of benzene rings is 4. The van der Waals surface area contributed by atoms with Crippen LogP contribution in [0.1, 0.15) is 56.6 Å². The lowest BCUT2D eigenvalue weighted by molar-refractivity contribution is 0.101. The largest absolute Gasteiger partial charge is 0.441 e. The molecule has 9 nitrogen and oxygen atoms in total. The monoisotopic (exact) mass is 674 g/mol. The molecule has 4 aromatic carbocycles. The summed E-state index contributed by atoms with van der Waals surface area (Å²) in [5.41, 5.74) is 4.66. The molecule has 11 heteroatoms. The van der Waals surface area contributed by atoms with Crippen molar-refractivity contribution < 1.29 is 18.7 Å². The summed E-state index contributed by atoms with van der Waals surface area (Å²) in [6.07, 6.45) is 4.07. The van der Waals surface area contributed by atoms with Gasteiger partial charge in [-0.3, -0.25) is 4.79 Å². The summed E-state index contributed by atoms with van der Waals surface area (Å²) in [5, 5.41) is 10.5. The van der Waals surface area contributed by atoms with Crippen molar-refractivity contribution in [1.29, 1.82) is 0 Å².